The van der Waals surface area contributed by atoms with Gasteiger partial charge < -0.3 is 19.7 Å². The average molecular weight is 384 g/mol. The molecule has 1 N–H and O–H groups in total. The Balaban J connectivity index is 1.69. The molecule has 0 aliphatic heterocycles. The van der Waals surface area contributed by atoms with E-state index in [9.17, 15) is 9.59 Å². The topological polar surface area (TPSA) is 67.9 Å². The van der Waals surface area contributed by atoms with Gasteiger partial charge in [0, 0.05) is 26.4 Å². The molecule has 2 rings (SSSR count). The fourth-order valence-electron chi connectivity index (χ4n) is 2.73. The average Bonchev–Trinajstić information content (AvgIpc) is 2.68. The van der Waals surface area contributed by atoms with Gasteiger partial charge in [-0.15, -0.1) is 0 Å². The van der Waals surface area contributed by atoms with Gasteiger partial charge in [-0.25, -0.2) is 0 Å². The standard InChI is InChI=1S/C22H28N2O4/c1-17-5-4-6-19(15-17)16-24(18(2)25)13-11-22(26)23-12-14-28-21-9-7-20(27-3)8-10-21/h4-10,15H,11-14,16H2,1-3H3,(H,23,26). The van der Waals surface area contributed by atoms with Crippen molar-refractivity contribution in [1.82, 2.24) is 10.2 Å². The van der Waals surface area contributed by atoms with Gasteiger partial charge in [0.2, 0.25) is 11.8 Å². The Morgan fingerprint density at radius 1 is 1.07 bits per heavy atom. The van der Waals surface area contributed by atoms with Crippen molar-refractivity contribution < 1.29 is 19.1 Å². The van der Waals surface area contributed by atoms with E-state index in [0.717, 1.165) is 22.6 Å². The quantitative estimate of drug-likeness (QED) is 0.640. The zero-order valence-electron chi connectivity index (χ0n) is 16.7. The predicted octanol–water partition coefficient (Wildman–Crippen LogP) is 2.94. The lowest BCUT2D eigenvalue weighted by Gasteiger charge is -2.21. The molecule has 2 aromatic rings. The third-order valence-corrected chi connectivity index (χ3v) is 4.26. The number of nitrogens with one attached hydrogen (secondary N) is 1. The van der Waals surface area contributed by atoms with Crippen molar-refractivity contribution in [3.63, 3.8) is 0 Å². The molecular formula is C22H28N2O4. The molecule has 0 heterocycles. The van der Waals surface area contributed by atoms with Crippen LogP contribution in [0, 0.1) is 6.92 Å². The van der Waals surface area contributed by atoms with Crippen LogP contribution in [0.4, 0.5) is 0 Å². The Kier molecular flexibility index (Phi) is 8.34. The first-order valence-corrected chi connectivity index (χ1v) is 9.32. The second-order valence-electron chi connectivity index (χ2n) is 6.55. The molecule has 0 saturated carbocycles. The van der Waals surface area contributed by atoms with E-state index in [-0.39, 0.29) is 18.2 Å². The largest absolute Gasteiger partial charge is 0.497 e. The zero-order chi connectivity index (χ0) is 20.4. The summed E-state index contributed by atoms with van der Waals surface area (Å²) in [6.45, 7) is 5.21. The molecule has 0 bridgehead atoms. The second-order valence-corrected chi connectivity index (χ2v) is 6.55. The third-order valence-electron chi connectivity index (χ3n) is 4.26. The molecule has 0 fully saturated rings. The third kappa shape index (κ3) is 7.31. The molecule has 0 radical (unpaired) electrons. The number of hydrogen-bond donors (Lipinski definition) is 1. The number of methoxy groups -OCH3 is 1. The maximum atomic E-state index is 12.1. The molecule has 0 unspecified atom stereocenters. The molecule has 6 heteroatoms. The molecule has 28 heavy (non-hydrogen) atoms. The van der Waals surface area contributed by atoms with Crippen LogP contribution in [0.3, 0.4) is 0 Å². The van der Waals surface area contributed by atoms with E-state index < -0.39 is 0 Å². The highest BCUT2D eigenvalue weighted by Crippen LogP contribution is 2.16. The van der Waals surface area contributed by atoms with Gasteiger partial charge in [-0.2, -0.15) is 0 Å². The smallest absolute Gasteiger partial charge is 0.221 e. The van der Waals surface area contributed by atoms with Crippen LogP contribution >= 0.6 is 0 Å². The minimum absolute atomic E-state index is 0.0443. The van der Waals surface area contributed by atoms with Crippen LogP contribution in [-0.2, 0) is 16.1 Å². The Labute approximate surface area is 166 Å². The number of nitrogens with zero attached hydrogens (tertiary/aromatic N) is 1. The van der Waals surface area contributed by atoms with Gasteiger partial charge in [0.05, 0.1) is 13.7 Å². The summed E-state index contributed by atoms with van der Waals surface area (Å²) < 4.78 is 10.7. The van der Waals surface area contributed by atoms with E-state index in [0.29, 0.717) is 26.2 Å². The van der Waals surface area contributed by atoms with Gasteiger partial charge in [-0.05, 0) is 36.8 Å². The Hall–Kier alpha value is -3.02. The number of carbonyl (C=O) groups excluding carboxylic acids is 2. The minimum atomic E-state index is -0.103. The van der Waals surface area contributed by atoms with Crippen LogP contribution in [0.1, 0.15) is 24.5 Å². The van der Waals surface area contributed by atoms with Gasteiger partial charge in [-0.1, -0.05) is 29.8 Å². The molecule has 2 aromatic carbocycles. The van der Waals surface area contributed by atoms with Crippen LogP contribution in [0.15, 0.2) is 48.5 Å². The first-order valence-electron chi connectivity index (χ1n) is 9.32. The first kappa shape index (κ1) is 21.3. The van der Waals surface area contributed by atoms with Crippen molar-refractivity contribution in [2.45, 2.75) is 26.8 Å². The zero-order valence-corrected chi connectivity index (χ0v) is 16.7. The second kappa shape index (κ2) is 11.0. The van der Waals surface area contributed by atoms with Crippen molar-refractivity contribution in [2.24, 2.45) is 0 Å². The van der Waals surface area contributed by atoms with Crippen LogP contribution < -0.4 is 14.8 Å². The van der Waals surface area contributed by atoms with E-state index in [1.807, 2.05) is 55.5 Å². The number of rotatable bonds is 10. The van der Waals surface area contributed by atoms with Gasteiger partial charge >= 0.3 is 0 Å². The molecule has 2 amide bonds. The van der Waals surface area contributed by atoms with E-state index in [1.165, 1.54) is 6.92 Å². The number of hydrogen-bond acceptors (Lipinski definition) is 4. The van der Waals surface area contributed by atoms with Crippen molar-refractivity contribution >= 4 is 11.8 Å². The highest BCUT2D eigenvalue weighted by Gasteiger charge is 2.12. The van der Waals surface area contributed by atoms with Crippen molar-refractivity contribution in [1.29, 1.82) is 0 Å². The van der Waals surface area contributed by atoms with E-state index in [4.69, 9.17) is 9.47 Å². The van der Waals surface area contributed by atoms with E-state index in [1.54, 1.807) is 12.0 Å². The normalized spacial score (nSPS) is 10.2. The van der Waals surface area contributed by atoms with Crippen molar-refractivity contribution in [3.05, 3.63) is 59.7 Å². The fourth-order valence-corrected chi connectivity index (χ4v) is 2.73. The van der Waals surface area contributed by atoms with Gasteiger partial charge in [0.25, 0.3) is 0 Å². The molecule has 0 atom stereocenters. The lowest BCUT2D eigenvalue weighted by Crippen LogP contribution is -2.34. The van der Waals surface area contributed by atoms with E-state index in [2.05, 4.69) is 5.32 Å². The molecule has 0 spiro atoms. The van der Waals surface area contributed by atoms with Crippen LogP contribution in [0.5, 0.6) is 11.5 Å². The summed E-state index contributed by atoms with van der Waals surface area (Å²) in [6, 6.07) is 15.3. The molecule has 0 saturated heterocycles. The summed E-state index contributed by atoms with van der Waals surface area (Å²) in [7, 11) is 1.61. The first-order chi connectivity index (χ1) is 13.5. The summed E-state index contributed by atoms with van der Waals surface area (Å²) >= 11 is 0. The number of amides is 2. The minimum Gasteiger partial charge on any atom is -0.497 e. The summed E-state index contributed by atoms with van der Waals surface area (Å²) in [6.07, 6.45) is 0.258. The summed E-state index contributed by atoms with van der Waals surface area (Å²) in [5.41, 5.74) is 2.21. The number of ether oxygens (including phenoxy) is 2. The Bertz CT molecular complexity index is 774. The van der Waals surface area contributed by atoms with E-state index >= 15 is 0 Å². The highest BCUT2D eigenvalue weighted by molar-refractivity contribution is 5.78. The van der Waals surface area contributed by atoms with Crippen LogP contribution in [0.2, 0.25) is 0 Å². The maximum Gasteiger partial charge on any atom is 0.221 e. The van der Waals surface area contributed by atoms with Gasteiger partial charge in [-0.3, -0.25) is 9.59 Å². The van der Waals surface area contributed by atoms with Crippen molar-refractivity contribution in [2.75, 3.05) is 26.8 Å². The van der Waals surface area contributed by atoms with Crippen LogP contribution in [-0.4, -0.2) is 43.5 Å². The lowest BCUT2D eigenvalue weighted by atomic mass is 10.1. The number of carbonyl (C=O) groups is 2. The Morgan fingerprint density at radius 3 is 2.43 bits per heavy atom. The van der Waals surface area contributed by atoms with Gasteiger partial charge in [0.1, 0.15) is 18.1 Å². The number of benzene rings is 2. The fraction of sp³-hybridized carbons (Fsp3) is 0.364. The molecule has 0 aliphatic carbocycles. The van der Waals surface area contributed by atoms with Crippen LogP contribution in [0.25, 0.3) is 0 Å². The Morgan fingerprint density at radius 2 is 1.79 bits per heavy atom. The monoisotopic (exact) mass is 384 g/mol. The summed E-state index contributed by atoms with van der Waals surface area (Å²) in [5, 5.41) is 2.82. The van der Waals surface area contributed by atoms with Gasteiger partial charge in [0.15, 0.2) is 0 Å². The molecule has 0 aromatic heterocycles. The highest BCUT2D eigenvalue weighted by atomic mass is 16.5. The molecule has 6 nitrogen and oxygen atoms in total. The lowest BCUT2D eigenvalue weighted by molar-refractivity contribution is -0.130. The summed E-state index contributed by atoms with van der Waals surface area (Å²) in [4.78, 5) is 25.6. The predicted molar refractivity (Wildman–Crippen MR) is 108 cm³/mol. The molecular weight excluding hydrogens is 356 g/mol. The summed E-state index contributed by atoms with van der Waals surface area (Å²) in [5.74, 6) is 1.34. The maximum absolute atomic E-state index is 12.1. The van der Waals surface area contributed by atoms with Crippen molar-refractivity contribution in [3.8, 4) is 11.5 Å². The molecule has 0 aliphatic rings. The SMILES string of the molecule is COc1ccc(OCCNC(=O)CCN(Cc2cccc(C)c2)C(C)=O)cc1. The molecule has 150 valence electrons. The number of aryl methyl sites for hydroxylation is 1.